The van der Waals surface area contributed by atoms with E-state index in [1.54, 1.807) is 41.3 Å². The summed E-state index contributed by atoms with van der Waals surface area (Å²) >= 11 is 6.11. The van der Waals surface area contributed by atoms with Gasteiger partial charge < -0.3 is 24.4 Å². The lowest BCUT2D eigenvalue weighted by Crippen LogP contribution is -2.51. The fourth-order valence-electron chi connectivity index (χ4n) is 4.43. The minimum Gasteiger partial charge on any atom is -0.465 e. The number of anilines is 1. The van der Waals surface area contributed by atoms with Crippen LogP contribution in [0, 0.1) is 0 Å². The highest BCUT2D eigenvalue weighted by Gasteiger charge is 2.25. The first-order valence-electron chi connectivity index (χ1n) is 12.9. The molecular formula is C30H32ClN3O6. The quantitative estimate of drug-likeness (QED) is 0.364. The zero-order chi connectivity index (χ0) is 28.5. The second-order valence-corrected chi connectivity index (χ2v) is 9.73. The number of nitrogens with one attached hydrogen (secondary N) is 1. The molecule has 1 aliphatic heterocycles. The lowest BCUT2D eigenvalue weighted by Gasteiger charge is -2.36. The summed E-state index contributed by atoms with van der Waals surface area (Å²) in [5.74, 6) is -0.889. The maximum atomic E-state index is 12.9. The Hall–Kier alpha value is -3.92. The van der Waals surface area contributed by atoms with E-state index in [2.05, 4.69) is 10.2 Å². The van der Waals surface area contributed by atoms with Gasteiger partial charge >= 0.3 is 18.0 Å². The fraction of sp³-hybridized carbons (Fsp3) is 0.300. The van der Waals surface area contributed by atoms with Gasteiger partial charge in [-0.25, -0.2) is 14.4 Å². The molecule has 10 heteroatoms. The Morgan fingerprint density at radius 1 is 0.850 bits per heavy atom. The van der Waals surface area contributed by atoms with E-state index in [1.807, 2.05) is 36.4 Å². The first-order valence-corrected chi connectivity index (χ1v) is 13.3. The maximum absolute atomic E-state index is 12.9. The lowest BCUT2D eigenvalue weighted by atomic mass is 10.1. The normalized spacial score (nSPS) is 14.3. The molecule has 0 radical (unpaired) electrons. The number of carbonyl (C=O) groups excluding carboxylic acids is 3. The topological polar surface area (TPSA) is 97.4 Å². The molecule has 0 aliphatic carbocycles. The molecule has 0 unspecified atom stereocenters. The smallest absolute Gasteiger partial charge is 0.339 e. The Morgan fingerprint density at radius 3 is 2.15 bits per heavy atom. The Bertz CT molecular complexity index is 1310. The third-order valence-corrected chi connectivity index (χ3v) is 6.98. The van der Waals surface area contributed by atoms with E-state index in [9.17, 15) is 14.4 Å². The second-order valence-electron chi connectivity index (χ2n) is 9.29. The van der Waals surface area contributed by atoms with E-state index >= 15 is 0 Å². The molecule has 2 amide bonds. The van der Waals surface area contributed by atoms with E-state index in [-0.39, 0.29) is 18.1 Å². The van der Waals surface area contributed by atoms with Crippen LogP contribution in [0.5, 0.6) is 0 Å². The van der Waals surface area contributed by atoms with Crippen LogP contribution < -0.4 is 5.32 Å². The predicted octanol–water partition coefficient (Wildman–Crippen LogP) is 5.02. The summed E-state index contributed by atoms with van der Waals surface area (Å²) in [6, 6.07) is 21.2. The Labute approximate surface area is 238 Å². The van der Waals surface area contributed by atoms with Crippen molar-refractivity contribution in [3.63, 3.8) is 0 Å². The number of methoxy groups -OCH3 is 2. The number of ether oxygens (including phenoxy) is 3. The molecule has 1 N–H and O–H groups in total. The van der Waals surface area contributed by atoms with Crippen molar-refractivity contribution in [1.82, 2.24) is 9.80 Å². The molecule has 0 spiro atoms. The minimum absolute atomic E-state index is 0.232. The van der Waals surface area contributed by atoms with Gasteiger partial charge in [-0.2, -0.15) is 0 Å². The molecule has 1 atom stereocenters. The Kier molecular flexibility index (Phi) is 10.1. The molecule has 0 bridgehead atoms. The first-order chi connectivity index (χ1) is 19.4. The number of carbonyl (C=O) groups is 3. The number of amides is 2. The molecule has 1 fully saturated rings. The van der Waals surface area contributed by atoms with Crippen LogP contribution in [0.3, 0.4) is 0 Å². The molecule has 3 aromatic carbocycles. The highest BCUT2D eigenvalue weighted by Crippen LogP contribution is 2.24. The van der Waals surface area contributed by atoms with Crippen molar-refractivity contribution < 1.29 is 28.6 Å². The van der Waals surface area contributed by atoms with Gasteiger partial charge in [-0.05, 0) is 47.5 Å². The summed E-state index contributed by atoms with van der Waals surface area (Å²) in [5, 5.41) is 3.48. The number of urea groups is 1. The van der Waals surface area contributed by atoms with Gasteiger partial charge in [-0.15, -0.1) is 0 Å². The lowest BCUT2D eigenvalue weighted by molar-refractivity contribution is 0.00592. The molecule has 9 nitrogen and oxygen atoms in total. The van der Waals surface area contributed by atoms with E-state index < -0.39 is 5.97 Å². The van der Waals surface area contributed by atoms with Crippen LogP contribution in [0.4, 0.5) is 10.5 Å². The summed E-state index contributed by atoms with van der Waals surface area (Å²) in [6.07, 6.45) is -0.232. The molecule has 1 aliphatic rings. The monoisotopic (exact) mass is 565 g/mol. The summed E-state index contributed by atoms with van der Waals surface area (Å²) in [6.45, 7) is 3.35. The number of esters is 2. The molecule has 40 heavy (non-hydrogen) atoms. The SMILES string of the molecule is COC(=O)c1ccc(CO[C@H](CN2CCN(C(=O)Nc3ccccc3C(=O)OC)CC2)c2ccc(Cl)cc2)cc1. The van der Waals surface area contributed by atoms with Crippen molar-refractivity contribution in [1.29, 1.82) is 0 Å². The average Bonchev–Trinajstić information content (AvgIpc) is 2.99. The van der Waals surface area contributed by atoms with Gasteiger partial charge in [-0.3, -0.25) is 4.90 Å². The van der Waals surface area contributed by atoms with Crippen molar-refractivity contribution in [2.75, 3.05) is 52.3 Å². The Balaban J connectivity index is 1.36. The van der Waals surface area contributed by atoms with Crippen molar-refractivity contribution >= 4 is 35.3 Å². The molecule has 3 aromatic rings. The molecule has 210 valence electrons. The summed E-state index contributed by atoms with van der Waals surface area (Å²) in [7, 11) is 2.66. The van der Waals surface area contributed by atoms with Gasteiger partial charge in [0.15, 0.2) is 0 Å². The van der Waals surface area contributed by atoms with Gasteiger partial charge in [0, 0.05) is 37.7 Å². The molecule has 4 rings (SSSR count). The standard InChI is InChI=1S/C30H32ClN3O6/c1-38-28(35)23-9-7-21(8-10-23)20-40-27(22-11-13-24(31)14-12-22)19-33-15-17-34(18-16-33)30(37)32-26-6-4-3-5-25(26)29(36)39-2/h3-14,27H,15-20H2,1-2H3,(H,32,37)/t27-/m1/s1. The van der Waals surface area contributed by atoms with Crippen molar-refractivity contribution in [2.45, 2.75) is 12.7 Å². The van der Waals surface area contributed by atoms with Crippen LogP contribution in [0.25, 0.3) is 0 Å². The van der Waals surface area contributed by atoms with Crippen LogP contribution in [-0.2, 0) is 20.8 Å². The third kappa shape index (κ3) is 7.59. The maximum Gasteiger partial charge on any atom is 0.339 e. The van der Waals surface area contributed by atoms with Crippen molar-refractivity contribution in [2.24, 2.45) is 0 Å². The average molecular weight is 566 g/mol. The number of hydrogen-bond donors (Lipinski definition) is 1. The summed E-state index contributed by atoms with van der Waals surface area (Å²) in [5.41, 5.74) is 3.13. The summed E-state index contributed by atoms with van der Waals surface area (Å²) in [4.78, 5) is 40.7. The van der Waals surface area contributed by atoms with E-state index in [0.29, 0.717) is 61.2 Å². The van der Waals surface area contributed by atoms with Crippen LogP contribution in [0.2, 0.25) is 5.02 Å². The highest BCUT2D eigenvalue weighted by atomic mass is 35.5. The molecule has 0 saturated carbocycles. The molecule has 1 saturated heterocycles. The number of hydrogen-bond acceptors (Lipinski definition) is 7. The van der Waals surface area contributed by atoms with Crippen molar-refractivity contribution in [3.8, 4) is 0 Å². The van der Waals surface area contributed by atoms with Crippen LogP contribution >= 0.6 is 11.6 Å². The third-order valence-electron chi connectivity index (χ3n) is 6.73. The van der Waals surface area contributed by atoms with Crippen LogP contribution in [-0.4, -0.2) is 74.7 Å². The van der Waals surface area contributed by atoms with Gasteiger partial charge in [0.2, 0.25) is 0 Å². The largest absolute Gasteiger partial charge is 0.465 e. The predicted molar refractivity (Wildman–Crippen MR) is 152 cm³/mol. The number of nitrogens with zero attached hydrogens (tertiary/aromatic N) is 2. The number of piperazine rings is 1. The number of halogens is 1. The van der Waals surface area contributed by atoms with Gasteiger partial charge in [0.1, 0.15) is 0 Å². The fourth-order valence-corrected chi connectivity index (χ4v) is 4.55. The van der Waals surface area contributed by atoms with Crippen LogP contribution in [0.15, 0.2) is 72.8 Å². The Morgan fingerprint density at radius 2 is 1.50 bits per heavy atom. The number of benzene rings is 3. The van der Waals surface area contributed by atoms with E-state index in [4.69, 9.17) is 25.8 Å². The number of rotatable bonds is 9. The zero-order valence-corrected chi connectivity index (χ0v) is 23.2. The second kappa shape index (κ2) is 13.9. The van der Waals surface area contributed by atoms with Gasteiger partial charge in [0.05, 0.1) is 43.7 Å². The van der Waals surface area contributed by atoms with Crippen LogP contribution in [0.1, 0.15) is 37.9 Å². The van der Waals surface area contributed by atoms with Gasteiger partial charge in [0.25, 0.3) is 0 Å². The van der Waals surface area contributed by atoms with Gasteiger partial charge in [-0.1, -0.05) is 48.0 Å². The van der Waals surface area contributed by atoms with Crippen molar-refractivity contribution in [3.05, 3.63) is 100 Å². The van der Waals surface area contributed by atoms with E-state index in [1.165, 1.54) is 14.2 Å². The molecule has 0 aromatic heterocycles. The number of para-hydroxylation sites is 1. The highest BCUT2D eigenvalue weighted by molar-refractivity contribution is 6.30. The molecule has 1 heterocycles. The molecular weight excluding hydrogens is 534 g/mol. The van der Waals surface area contributed by atoms with E-state index in [0.717, 1.165) is 11.1 Å². The minimum atomic E-state index is -0.506. The zero-order valence-electron chi connectivity index (χ0n) is 22.5. The summed E-state index contributed by atoms with van der Waals surface area (Å²) < 4.78 is 15.9. The first kappa shape index (κ1) is 29.1.